The van der Waals surface area contributed by atoms with Gasteiger partial charge in [0.2, 0.25) is 5.91 Å². The number of halogens is 2. The summed E-state index contributed by atoms with van der Waals surface area (Å²) < 4.78 is 17.0. The van der Waals surface area contributed by atoms with Crippen molar-refractivity contribution in [2.24, 2.45) is 0 Å². The van der Waals surface area contributed by atoms with Gasteiger partial charge in [-0.2, -0.15) is 0 Å². The van der Waals surface area contributed by atoms with Crippen molar-refractivity contribution in [1.29, 1.82) is 0 Å². The number of carbonyl (C=O) groups excluding carboxylic acids is 1. The number of nitrogens with zero attached hydrogens (tertiary/aromatic N) is 3. The van der Waals surface area contributed by atoms with Crippen molar-refractivity contribution in [3.63, 3.8) is 0 Å². The van der Waals surface area contributed by atoms with Crippen LogP contribution in [-0.4, -0.2) is 75.2 Å². The molecule has 1 aromatic heterocycles. The molecule has 0 spiro atoms. The van der Waals surface area contributed by atoms with Crippen molar-refractivity contribution in [1.82, 2.24) is 9.88 Å². The maximum Gasteiger partial charge on any atom is 0.239 e. The summed E-state index contributed by atoms with van der Waals surface area (Å²) in [4.78, 5) is 23.3. The lowest BCUT2D eigenvalue weighted by molar-refractivity contribution is -0.116. The third-order valence-corrected chi connectivity index (χ3v) is 8.12. The van der Waals surface area contributed by atoms with E-state index in [9.17, 15) is 4.79 Å². The summed E-state index contributed by atoms with van der Waals surface area (Å²) in [5, 5.41) is 1.25. The molecule has 35 heavy (non-hydrogen) atoms. The van der Waals surface area contributed by atoms with Crippen LogP contribution in [0.15, 0.2) is 41.3 Å². The molecule has 11 heteroatoms. The molecule has 0 bridgehead atoms. The number of anilines is 1. The van der Waals surface area contributed by atoms with Gasteiger partial charge in [-0.05, 0) is 42.8 Å². The normalized spacial score (nSPS) is 13.9. The number of amides is 1. The summed E-state index contributed by atoms with van der Waals surface area (Å²) >= 11 is 9.36. The molecule has 1 saturated heterocycles. The zero-order valence-electron chi connectivity index (χ0n) is 19.7. The number of thiazole rings is 1. The highest BCUT2D eigenvalue weighted by atomic mass is 35.5. The first kappa shape index (κ1) is 27.8. The third-order valence-electron chi connectivity index (χ3n) is 5.58. The van der Waals surface area contributed by atoms with E-state index < -0.39 is 0 Å². The van der Waals surface area contributed by atoms with Crippen molar-refractivity contribution in [2.45, 2.75) is 11.3 Å². The number of morpholine rings is 1. The van der Waals surface area contributed by atoms with Gasteiger partial charge in [-0.1, -0.05) is 22.9 Å². The molecule has 0 N–H and O–H groups in total. The van der Waals surface area contributed by atoms with Gasteiger partial charge in [0.05, 0.1) is 42.9 Å². The molecule has 2 heterocycles. The van der Waals surface area contributed by atoms with Crippen LogP contribution in [0.3, 0.4) is 0 Å². The number of carbonyl (C=O) groups is 1. The molecule has 0 saturated carbocycles. The lowest BCUT2D eigenvalue weighted by Crippen LogP contribution is -2.39. The van der Waals surface area contributed by atoms with Crippen molar-refractivity contribution in [3.05, 3.63) is 41.4 Å². The SMILES string of the molecule is COc1ccc(SCC(=O)N(CCCN2CCOCC2)c2nc3c(OC)ccc(Cl)c3s2)cc1.Cl. The van der Waals surface area contributed by atoms with E-state index in [0.29, 0.717) is 33.7 Å². The fourth-order valence-corrected chi connectivity index (χ4v) is 5.79. The number of methoxy groups -OCH3 is 2. The fraction of sp³-hybridized carbons (Fsp3) is 0.417. The Labute approximate surface area is 225 Å². The maximum absolute atomic E-state index is 13.4. The number of hydrogen-bond donors (Lipinski definition) is 0. The Kier molecular flexibility index (Phi) is 10.8. The minimum absolute atomic E-state index is 0. The van der Waals surface area contributed by atoms with Crippen LogP contribution < -0.4 is 14.4 Å². The number of aromatic nitrogens is 1. The fourth-order valence-electron chi connectivity index (χ4n) is 3.72. The van der Waals surface area contributed by atoms with Gasteiger partial charge >= 0.3 is 0 Å². The molecule has 3 aromatic rings. The van der Waals surface area contributed by atoms with Gasteiger partial charge in [-0.15, -0.1) is 24.2 Å². The molecular formula is C24H29Cl2N3O4S2. The molecule has 1 aliphatic heterocycles. The van der Waals surface area contributed by atoms with E-state index in [1.807, 2.05) is 24.3 Å². The Morgan fingerprint density at radius 3 is 2.60 bits per heavy atom. The van der Waals surface area contributed by atoms with Crippen LogP contribution in [0.25, 0.3) is 10.2 Å². The molecule has 1 aliphatic rings. The second-order valence-electron chi connectivity index (χ2n) is 7.74. The second-order valence-corrected chi connectivity index (χ2v) is 10.2. The van der Waals surface area contributed by atoms with Crippen LogP contribution in [0.2, 0.25) is 5.02 Å². The Balaban J connectivity index is 0.00000342. The number of thioether (sulfide) groups is 1. The lowest BCUT2D eigenvalue weighted by Gasteiger charge is -2.27. The Morgan fingerprint density at radius 2 is 1.91 bits per heavy atom. The molecule has 7 nitrogen and oxygen atoms in total. The first-order valence-electron chi connectivity index (χ1n) is 11.1. The number of ether oxygens (including phenoxy) is 3. The van der Waals surface area contributed by atoms with Gasteiger partial charge < -0.3 is 14.2 Å². The monoisotopic (exact) mass is 557 g/mol. The van der Waals surface area contributed by atoms with Crippen LogP contribution >= 0.6 is 47.1 Å². The van der Waals surface area contributed by atoms with E-state index in [4.69, 9.17) is 30.8 Å². The molecule has 190 valence electrons. The summed E-state index contributed by atoms with van der Waals surface area (Å²) in [7, 11) is 3.25. The molecule has 0 aliphatic carbocycles. The number of benzene rings is 2. The molecule has 2 aromatic carbocycles. The number of rotatable bonds is 10. The first-order valence-corrected chi connectivity index (χ1v) is 13.3. The molecule has 4 rings (SSSR count). The lowest BCUT2D eigenvalue weighted by atomic mass is 10.3. The number of hydrogen-bond acceptors (Lipinski definition) is 8. The van der Waals surface area contributed by atoms with E-state index in [1.165, 1.54) is 23.1 Å². The van der Waals surface area contributed by atoms with E-state index in [-0.39, 0.29) is 18.3 Å². The zero-order valence-corrected chi connectivity index (χ0v) is 22.9. The Morgan fingerprint density at radius 1 is 1.17 bits per heavy atom. The van der Waals surface area contributed by atoms with Crippen LogP contribution in [-0.2, 0) is 9.53 Å². The van der Waals surface area contributed by atoms with Crippen molar-refractivity contribution >= 4 is 68.4 Å². The summed E-state index contributed by atoms with van der Waals surface area (Å²) in [5.74, 6) is 1.76. The van der Waals surface area contributed by atoms with Crippen LogP contribution in [0.5, 0.6) is 11.5 Å². The summed E-state index contributed by atoms with van der Waals surface area (Å²) in [6, 6.07) is 11.3. The molecule has 1 fully saturated rings. The smallest absolute Gasteiger partial charge is 0.239 e. The zero-order chi connectivity index (χ0) is 23.9. The predicted molar refractivity (Wildman–Crippen MR) is 146 cm³/mol. The molecule has 0 atom stereocenters. The van der Waals surface area contributed by atoms with Crippen LogP contribution in [0, 0.1) is 0 Å². The van der Waals surface area contributed by atoms with Gasteiger partial charge in [0.25, 0.3) is 0 Å². The highest BCUT2D eigenvalue weighted by Gasteiger charge is 2.22. The van der Waals surface area contributed by atoms with Crippen LogP contribution in [0.4, 0.5) is 5.13 Å². The quantitative estimate of drug-likeness (QED) is 0.316. The van der Waals surface area contributed by atoms with E-state index >= 15 is 0 Å². The van der Waals surface area contributed by atoms with Crippen molar-refractivity contribution in [2.75, 3.05) is 64.3 Å². The Bertz CT molecular complexity index is 1110. The summed E-state index contributed by atoms with van der Waals surface area (Å²) in [6.45, 7) is 4.87. The average molecular weight is 559 g/mol. The van der Waals surface area contributed by atoms with Gasteiger partial charge in [0.1, 0.15) is 17.0 Å². The standard InChI is InChI=1S/C24H28ClN3O4S2.ClH/c1-30-17-4-6-18(7-5-17)33-16-21(29)28(11-3-10-27-12-14-32-15-13-27)24-26-22-20(31-2)9-8-19(25)23(22)34-24;/h4-9H,3,10-16H2,1-2H3;1H. The second kappa shape index (κ2) is 13.5. The largest absolute Gasteiger partial charge is 0.497 e. The van der Waals surface area contributed by atoms with Gasteiger partial charge in [0.15, 0.2) is 5.13 Å². The molecule has 0 unspecified atom stereocenters. The minimum Gasteiger partial charge on any atom is -0.497 e. The highest BCUT2D eigenvalue weighted by Crippen LogP contribution is 2.39. The Hall–Kier alpha value is -1.75. The third kappa shape index (κ3) is 7.15. The summed E-state index contributed by atoms with van der Waals surface area (Å²) in [5.41, 5.74) is 0.684. The minimum atomic E-state index is 0. The highest BCUT2D eigenvalue weighted by molar-refractivity contribution is 8.00. The van der Waals surface area contributed by atoms with E-state index in [1.54, 1.807) is 31.3 Å². The van der Waals surface area contributed by atoms with Gasteiger partial charge in [-0.25, -0.2) is 4.98 Å². The summed E-state index contributed by atoms with van der Waals surface area (Å²) in [6.07, 6.45) is 0.847. The van der Waals surface area contributed by atoms with Crippen molar-refractivity contribution < 1.29 is 19.0 Å². The average Bonchev–Trinajstić information content (AvgIpc) is 3.32. The predicted octanol–water partition coefficient (Wildman–Crippen LogP) is 5.24. The van der Waals surface area contributed by atoms with E-state index in [0.717, 1.165) is 54.6 Å². The van der Waals surface area contributed by atoms with E-state index in [2.05, 4.69) is 4.90 Å². The maximum atomic E-state index is 13.4. The van der Waals surface area contributed by atoms with Gasteiger partial charge in [0, 0.05) is 31.1 Å². The van der Waals surface area contributed by atoms with Gasteiger partial charge in [-0.3, -0.25) is 14.6 Å². The molecule has 1 amide bonds. The molecular weight excluding hydrogens is 529 g/mol. The van der Waals surface area contributed by atoms with Crippen molar-refractivity contribution in [3.8, 4) is 11.5 Å². The first-order chi connectivity index (χ1) is 16.6. The molecule has 0 radical (unpaired) electrons. The van der Waals surface area contributed by atoms with Crippen LogP contribution in [0.1, 0.15) is 6.42 Å². The number of fused-ring (bicyclic) bond motifs is 1. The topological polar surface area (TPSA) is 64.1 Å².